The van der Waals surface area contributed by atoms with E-state index >= 15 is 0 Å². The lowest BCUT2D eigenvalue weighted by Gasteiger charge is -2.45. The lowest BCUT2D eigenvalue weighted by Crippen LogP contribution is -2.37. The van der Waals surface area contributed by atoms with Crippen LogP contribution < -0.4 is 4.74 Å². The van der Waals surface area contributed by atoms with Crippen LogP contribution in [0.3, 0.4) is 0 Å². The standard InChI is InChI=1S/C42H25N3O/c1-6-19-35-26(12-1)28-14-11-17-32-41(28)45(35)36-20-7-3-15-30(36)42(32)31-16-4-8-21-38(31)46-39-25-37-29(24-33(39)42)27-13-2-5-18-34(27)44(37)40-22-9-10-23-43-40/h1-25H. The van der Waals surface area contributed by atoms with E-state index in [0.717, 1.165) is 39.5 Å². The average molecular weight is 588 g/mol. The Morgan fingerprint density at radius 1 is 0.457 bits per heavy atom. The third-order valence-electron chi connectivity index (χ3n) is 10.2. The highest BCUT2D eigenvalue weighted by molar-refractivity contribution is 6.13. The first-order valence-electron chi connectivity index (χ1n) is 15.7. The highest BCUT2D eigenvalue weighted by Crippen LogP contribution is 2.61. The summed E-state index contributed by atoms with van der Waals surface area (Å²) in [4.78, 5) is 4.77. The van der Waals surface area contributed by atoms with Gasteiger partial charge in [-0.05, 0) is 53.6 Å². The quantitative estimate of drug-likeness (QED) is 0.191. The Balaban J connectivity index is 1.37. The number of benzene rings is 6. The van der Waals surface area contributed by atoms with Gasteiger partial charge >= 0.3 is 0 Å². The molecule has 0 N–H and O–H groups in total. The number of pyridine rings is 1. The molecular formula is C42H25N3O. The van der Waals surface area contributed by atoms with Gasteiger partial charge in [0.25, 0.3) is 0 Å². The molecule has 0 saturated carbocycles. The third-order valence-corrected chi connectivity index (χ3v) is 10.2. The SMILES string of the molecule is c1ccc(-n2c3ccccc3c3cc4c(cc32)Oc2ccccc2C42c3ccccc3-n3c4ccccc4c4cccc2c43)nc1. The van der Waals surface area contributed by atoms with Crippen molar-refractivity contribution >= 4 is 43.6 Å². The molecule has 6 aromatic carbocycles. The summed E-state index contributed by atoms with van der Waals surface area (Å²) in [5, 5.41) is 4.90. The van der Waals surface area contributed by atoms with Crippen molar-refractivity contribution in [3.8, 4) is 23.0 Å². The van der Waals surface area contributed by atoms with Crippen LogP contribution in [0.4, 0.5) is 0 Å². The summed E-state index contributed by atoms with van der Waals surface area (Å²) in [6.45, 7) is 0. The second-order valence-electron chi connectivity index (χ2n) is 12.3. The fourth-order valence-corrected chi connectivity index (χ4v) is 8.52. The van der Waals surface area contributed by atoms with Crippen molar-refractivity contribution in [2.75, 3.05) is 0 Å². The largest absolute Gasteiger partial charge is 0.457 e. The zero-order valence-corrected chi connectivity index (χ0v) is 24.7. The minimum Gasteiger partial charge on any atom is -0.457 e. The number of ether oxygens (including phenoxy) is 1. The first-order chi connectivity index (χ1) is 22.8. The van der Waals surface area contributed by atoms with E-state index in [1.165, 1.54) is 49.4 Å². The maximum atomic E-state index is 6.92. The Morgan fingerprint density at radius 2 is 1.13 bits per heavy atom. The maximum Gasteiger partial charge on any atom is 0.137 e. The number of nitrogens with zero attached hydrogens (tertiary/aromatic N) is 3. The molecule has 9 aromatic rings. The molecule has 4 heteroatoms. The molecule has 4 nitrogen and oxygen atoms in total. The van der Waals surface area contributed by atoms with Crippen LogP contribution in [0.1, 0.15) is 22.3 Å². The van der Waals surface area contributed by atoms with Crippen LogP contribution in [0, 0.1) is 0 Å². The average Bonchev–Trinajstić information content (AvgIpc) is 3.63. The molecule has 1 unspecified atom stereocenters. The third kappa shape index (κ3) is 2.79. The summed E-state index contributed by atoms with van der Waals surface area (Å²) < 4.78 is 11.7. The zero-order chi connectivity index (χ0) is 30.0. The van der Waals surface area contributed by atoms with Crippen LogP contribution in [0.5, 0.6) is 11.5 Å². The topological polar surface area (TPSA) is 32.0 Å². The molecule has 0 fully saturated rings. The van der Waals surface area contributed by atoms with Crippen molar-refractivity contribution < 1.29 is 4.74 Å². The van der Waals surface area contributed by atoms with Gasteiger partial charge in [0.05, 0.1) is 33.2 Å². The molecule has 3 aromatic heterocycles. The Kier molecular flexibility index (Phi) is 4.49. The van der Waals surface area contributed by atoms with Gasteiger partial charge in [0.2, 0.25) is 0 Å². The Morgan fingerprint density at radius 3 is 1.98 bits per heavy atom. The van der Waals surface area contributed by atoms with Crippen LogP contribution in [-0.2, 0) is 5.41 Å². The summed E-state index contributed by atoms with van der Waals surface area (Å²) in [6.07, 6.45) is 1.86. The highest BCUT2D eigenvalue weighted by Gasteiger charge is 2.50. The first kappa shape index (κ1) is 24.2. The number of aromatic nitrogens is 3. The monoisotopic (exact) mass is 587 g/mol. The van der Waals surface area contributed by atoms with E-state index in [4.69, 9.17) is 9.72 Å². The van der Waals surface area contributed by atoms with Crippen molar-refractivity contribution in [1.82, 2.24) is 14.1 Å². The van der Waals surface area contributed by atoms with Crippen molar-refractivity contribution in [3.05, 3.63) is 174 Å². The predicted molar refractivity (Wildman–Crippen MR) is 185 cm³/mol. The Bertz CT molecular complexity index is 2740. The summed E-state index contributed by atoms with van der Waals surface area (Å²) in [5.74, 6) is 2.63. The first-order valence-corrected chi connectivity index (χ1v) is 15.7. The van der Waals surface area contributed by atoms with E-state index in [1.54, 1.807) is 0 Å². The maximum absolute atomic E-state index is 6.92. The van der Waals surface area contributed by atoms with Crippen molar-refractivity contribution in [2.24, 2.45) is 0 Å². The molecule has 46 heavy (non-hydrogen) atoms. The predicted octanol–water partition coefficient (Wildman–Crippen LogP) is 10.1. The number of rotatable bonds is 1. The van der Waals surface area contributed by atoms with E-state index in [-0.39, 0.29) is 0 Å². The number of fused-ring (bicyclic) bond motifs is 14. The molecule has 1 atom stereocenters. The minimum atomic E-state index is -0.604. The van der Waals surface area contributed by atoms with Gasteiger partial charge in [-0.1, -0.05) is 97.1 Å². The molecule has 0 saturated heterocycles. The van der Waals surface area contributed by atoms with Crippen LogP contribution in [0.15, 0.2) is 152 Å². The smallest absolute Gasteiger partial charge is 0.137 e. The molecule has 214 valence electrons. The van der Waals surface area contributed by atoms with Gasteiger partial charge in [0, 0.05) is 44.9 Å². The molecule has 11 rings (SSSR count). The van der Waals surface area contributed by atoms with E-state index in [9.17, 15) is 0 Å². The van der Waals surface area contributed by atoms with E-state index in [1.807, 2.05) is 18.3 Å². The van der Waals surface area contributed by atoms with Crippen molar-refractivity contribution in [2.45, 2.75) is 5.41 Å². The molecule has 2 aliphatic rings. The second kappa shape index (κ2) is 8.52. The lowest BCUT2D eigenvalue weighted by atomic mass is 9.61. The summed E-state index contributed by atoms with van der Waals surface area (Å²) in [7, 11) is 0. The molecule has 5 heterocycles. The van der Waals surface area contributed by atoms with Gasteiger partial charge < -0.3 is 9.30 Å². The number of hydrogen-bond donors (Lipinski definition) is 0. The van der Waals surface area contributed by atoms with E-state index in [0.29, 0.717) is 0 Å². The fraction of sp³-hybridized carbons (Fsp3) is 0.0238. The fourth-order valence-electron chi connectivity index (χ4n) is 8.52. The molecule has 0 amide bonds. The van der Waals surface area contributed by atoms with Crippen LogP contribution in [0.2, 0.25) is 0 Å². The molecule has 0 radical (unpaired) electrons. The number of para-hydroxylation sites is 5. The second-order valence-corrected chi connectivity index (χ2v) is 12.3. The molecule has 1 spiro atoms. The van der Waals surface area contributed by atoms with Gasteiger partial charge in [-0.15, -0.1) is 0 Å². The number of hydrogen-bond acceptors (Lipinski definition) is 2. The lowest BCUT2D eigenvalue weighted by molar-refractivity contribution is 0.434. The van der Waals surface area contributed by atoms with Crippen molar-refractivity contribution in [1.29, 1.82) is 0 Å². The van der Waals surface area contributed by atoms with Crippen molar-refractivity contribution in [3.63, 3.8) is 0 Å². The van der Waals surface area contributed by atoms with Gasteiger partial charge in [0.15, 0.2) is 0 Å². The Hall–Kier alpha value is -6.13. The molecule has 2 aliphatic heterocycles. The highest BCUT2D eigenvalue weighted by atomic mass is 16.5. The summed E-state index contributed by atoms with van der Waals surface area (Å²) in [6, 6.07) is 52.5. The molecular weight excluding hydrogens is 562 g/mol. The van der Waals surface area contributed by atoms with Crippen LogP contribution in [0.25, 0.3) is 55.1 Å². The van der Waals surface area contributed by atoms with Crippen LogP contribution >= 0.6 is 0 Å². The van der Waals surface area contributed by atoms with E-state index < -0.39 is 5.41 Å². The van der Waals surface area contributed by atoms with Gasteiger partial charge in [-0.25, -0.2) is 4.98 Å². The minimum absolute atomic E-state index is 0.604. The van der Waals surface area contributed by atoms with Gasteiger partial charge in [-0.2, -0.15) is 0 Å². The summed E-state index contributed by atoms with van der Waals surface area (Å²) >= 11 is 0. The molecule has 0 bridgehead atoms. The Labute approximate surface area is 264 Å². The van der Waals surface area contributed by atoms with Gasteiger partial charge in [-0.3, -0.25) is 4.57 Å². The summed E-state index contributed by atoms with van der Waals surface area (Å²) in [5.41, 5.74) is 10.1. The van der Waals surface area contributed by atoms with E-state index in [2.05, 4.69) is 143 Å². The van der Waals surface area contributed by atoms with Crippen LogP contribution in [-0.4, -0.2) is 14.1 Å². The zero-order valence-electron chi connectivity index (χ0n) is 24.7. The molecule has 0 aliphatic carbocycles. The van der Waals surface area contributed by atoms with Gasteiger partial charge in [0.1, 0.15) is 17.3 Å². The normalized spacial score (nSPS) is 16.1.